The standard InChI is InChI=1S/C29H48N2O2/c1-19(5-10-27(33)31-16-15-30-20(2)18-31)24-8-9-25-23-7-6-21-17-22(32)11-13-28(21,3)26(23)12-14-29(24,25)4/h6,19-20,22-26,30,32H,5,7-18H2,1-4H3/t19-,20+,22+,23+,24-,25+,26+,28+,29-/m1/s1. The number of allylic oxidation sites excluding steroid dienone is 1. The van der Waals surface area contributed by atoms with Gasteiger partial charge in [-0.3, -0.25) is 4.79 Å². The van der Waals surface area contributed by atoms with Crippen molar-refractivity contribution in [1.82, 2.24) is 10.2 Å². The highest BCUT2D eigenvalue weighted by Gasteiger charge is 2.59. The zero-order valence-corrected chi connectivity index (χ0v) is 21.6. The number of hydrogen-bond donors (Lipinski definition) is 2. The van der Waals surface area contributed by atoms with Gasteiger partial charge in [-0.05, 0) is 105 Å². The molecule has 4 aliphatic carbocycles. The van der Waals surface area contributed by atoms with Gasteiger partial charge in [-0.25, -0.2) is 0 Å². The van der Waals surface area contributed by atoms with Crippen LogP contribution in [0.3, 0.4) is 0 Å². The second kappa shape index (κ2) is 8.97. The van der Waals surface area contributed by atoms with Crippen molar-refractivity contribution in [2.45, 2.75) is 104 Å². The number of fused-ring (bicyclic) bond motifs is 5. The van der Waals surface area contributed by atoms with E-state index >= 15 is 0 Å². The van der Waals surface area contributed by atoms with Gasteiger partial charge in [0.1, 0.15) is 0 Å². The summed E-state index contributed by atoms with van der Waals surface area (Å²) in [5, 5.41) is 13.7. The monoisotopic (exact) mass is 456 g/mol. The van der Waals surface area contributed by atoms with Crippen molar-refractivity contribution < 1.29 is 9.90 Å². The summed E-state index contributed by atoms with van der Waals surface area (Å²) in [4.78, 5) is 15.0. The van der Waals surface area contributed by atoms with Crippen molar-refractivity contribution in [3.05, 3.63) is 11.6 Å². The van der Waals surface area contributed by atoms with Gasteiger partial charge in [0.2, 0.25) is 5.91 Å². The van der Waals surface area contributed by atoms with Gasteiger partial charge in [0, 0.05) is 32.1 Å². The summed E-state index contributed by atoms with van der Waals surface area (Å²) in [5.74, 6) is 4.26. The van der Waals surface area contributed by atoms with Gasteiger partial charge < -0.3 is 15.3 Å². The van der Waals surface area contributed by atoms with Crippen LogP contribution in [0, 0.1) is 40.4 Å². The van der Waals surface area contributed by atoms with E-state index in [1.165, 1.54) is 38.5 Å². The lowest BCUT2D eigenvalue weighted by atomic mass is 9.47. The third kappa shape index (κ3) is 4.11. The van der Waals surface area contributed by atoms with E-state index < -0.39 is 0 Å². The zero-order chi connectivity index (χ0) is 23.4. The molecular formula is C29H48N2O2. The Kier molecular flexibility index (Phi) is 6.48. The van der Waals surface area contributed by atoms with E-state index in [2.05, 4.69) is 44.0 Å². The Balaban J connectivity index is 1.24. The van der Waals surface area contributed by atoms with Gasteiger partial charge in [0.25, 0.3) is 0 Å². The van der Waals surface area contributed by atoms with E-state index in [0.29, 0.717) is 28.7 Å². The molecule has 4 nitrogen and oxygen atoms in total. The largest absolute Gasteiger partial charge is 0.393 e. The van der Waals surface area contributed by atoms with Crippen LogP contribution in [0.2, 0.25) is 0 Å². The molecule has 33 heavy (non-hydrogen) atoms. The number of nitrogens with one attached hydrogen (secondary N) is 1. The normalized spacial score (nSPS) is 46.1. The molecule has 4 fully saturated rings. The van der Waals surface area contributed by atoms with Crippen molar-refractivity contribution in [3.8, 4) is 0 Å². The van der Waals surface area contributed by atoms with Crippen LogP contribution in [0.25, 0.3) is 0 Å². The quantitative estimate of drug-likeness (QED) is 0.574. The first kappa shape index (κ1) is 23.9. The summed E-state index contributed by atoms with van der Waals surface area (Å²) in [5.41, 5.74) is 2.36. The minimum atomic E-state index is -0.112. The average molecular weight is 457 g/mol. The molecule has 0 bridgehead atoms. The van der Waals surface area contributed by atoms with Crippen molar-refractivity contribution >= 4 is 5.91 Å². The number of hydrogen-bond acceptors (Lipinski definition) is 3. The fourth-order valence-electron chi connectivity index (χ4n) is 9.49. The molecule has 3 saturated carbocycles. The van der Waals surface area contributed by atoms with Crippen LogP contribution >= 0.6 is 0 Å². The van der Waals surface area contributed by atoms with E-state index in [1.54, 1.807) is 5.57 Å². The topological polar surface area (TPSA) is 52.6 Å². The number of piperazine rings is 1. The lowest BCUT2D eigenvalue weighted by Gasteiger charge is -2.58. The van der Waals surface area contributed by atoms with Gasteiger partial charge in [0.15, 0.2) is 0 Å². The molecule has 5 rings (SSSR count). The molecule has 0 unspecified atom stereocenters. The molecular weight excluding hydrogens is 408 g/mol. The smallest absolute Gasteiger partial charge is 0.222 e. The minimum Gasteiger partial charge on any atom is -0.393 e. The molecule has 1 aliphatic heterocycles. The van der Waals surface area contributed by atoms with Crippen LogP contribution in [0.5, 0.6) is 0 Å². The van der Waals surface area contributed by atoms with E-state index in [0.717, 1.165) is 69.0 Å². The van der Waals surface area contributed by atoms with E-state index in [-0.39, 0.29) is 6.10 Å². The summed E-state index contributed by atoms with van der Waals surface area (Å²) < 4.78 is 0. The maximum Gasteiger partial charge on any atom is 0.222 e. The van der Waals surface area contributed by atoms with Crippen LogP contribution in [0.1, 0.15) is 91.9 Å². The van der Waals surface area contributed by atoms with Crippen LogP contribution in [-0.4, -0.2) is 47.7 Å². The fraction of sp³-hybridized carbons (Fsp3) is 0.897. The predicted octanol–water partition coefficient (Wildman–Crippen LogP) is 5.16. The molecule has 5 aliphatic rings. The Morgan fingerprint density at radius 2 is 2.03 bits per heavy atom. The summed E-state index contributed by atoms with van der Waals surface area (Å²) in [7, 11) is 0. The molecule has 2 N–H and O–H groups in total. The van der Waals surface area contributed by atoms with E-state index in [1.807, 2.05) is 0 Å². The van der Waals surface area contributed by atoms with Crippen LogP contribution < -0.4 is 5.32 Å². The summed E-state index contributed by atoms with van der Waals surface area (Å²) in [6.45, 7) is 12.4. The molecule has 186 valence electrons. The van der Waals surface area contributed by atoms with Crippen molar-refractivity contribution in [1.29, 1.82) is 0 Å². The third-order valence-electron chi connectivity index (χ3n) is 11.4. The lowest BCUT2D eigenvalue weighted by molar-refractivity contribution is -0.132. The number of nitrogens with zero attached hydrogens (tertiary/aromatic N) is 1. The molecule has 9 atom stereocenters. The lowest BCUT2D eigenvalue weighted by Crippen LogP contribution is -2.51. The fourth-order valence-corrected chi connectivity index (χ4v) is 9.49. The Bertz CT molecular complexity index is 780. The number of carbonyl (C=O) groups excluding carboxylic acids is 1. The third-order valence-corrected chi connectivity index (χ3v) is 11.4. The number of amides is 1. The first-order valence-electron chi connectivity index (χ1n) is 14.1. The second-order valence-corrected chi connectivity index (χ2v) is 13.1. The highest BCUT2D eigenvalue weighted by molar-refractivity contribution is 5.76. The van der Waals surface area contributed by atoms with Gasteiger partial charge in [0.05, 0.1) is 6.10 Å². The van der Waals surface area contributed by atoms with Crippen molar-refractivity contribution in [3.63, 3.8) is 0 Å². The Morgan fingerprint density at radius 1 is 1.21 bits per heavy atom. The van der Waals surface area contributed by atoms with Gasteiger partial charge in [-0.2, -0.15) is 0 Å². The first-order chi connectivity index (χ1) is 15.7. The molecule has 1 heterocycles. The number of carbonyl (C=O) groups is 1. The average Bonchev–Trinajstić information content (AvgIpc) is 3.15. The number of rotatable bonds is 4. The molecule has 0 aromatic rings. The van der Waals surface area contributed by atoms with Gasteiger partial charge in [-0.1, -0.05) is 32.4 Å². The minimum absolute atomic E-state index is 0.112. The van der Waals surface area contributed by atoms with Crippen LogP contribution in [0.15, 0.2) is 11.6 Å². The maximum absolute atomic E-state index is 12.9. The second-order valence-electron chi connectivity index (χ2n) is 13.1. The Hall–Kier alpha value is -0.870. The molecule has 0 aromatic heterocycles. The highest BCUT2D eigenvalue weighted by atomic mass is 16.3. The first-order valence-corrected chi connectivity index (χ1v) is 14.1. The summed E-state index contributed by atoms with van der Waals surface area (Å²) in [6.07, 6.45) is 14.0. The molecule has 0 spiro atoms. The Labute approximate surface area is 202 Å². The Morgan fingerprint density at radius 3 is 2.82 bits per heavy atom. The van der Waals surface area contributed by atoms with Crippen LogP contribution in [0.4, 0.5) is 0 Å². The number of aliphatic hydroxyl groups is 1. The van der Waals surface area contributed by atoms with Crippen molar-refractivity contribution in [2.75, 3.05) is 19.6 Å². The summed E-state index contributed by atoms with van der Waals surface area (Å²) >= 11 is 0. The molecule has 0 aromatic carbocycles. The number of aliphatic hydroxyl groups excluding tert-OH is 1. The molecule has 1 amide bonds. The van der Waals surface area contributed by atoms with Gasteiger partial charge in [-0.15, -0.1) is 0 Å². The zero-order valence-electron chi connectivity index (χ0n) is 21.6. The molecule has 4 heteroatoms. The predicted molar refractivity (Wildman–Crippen MR) is 134 cm³/mol. The van der Waals surface area contributed by atoms with Gasteiger partial charge >= 0.3 is 0 Å². The SMILES string of the molecule is C[C@H](CCC(=O)N1CCN[C@@H](C)C1)[C@H]1CC[C@H]2[C@@H]3CC=C4C[C@@H](O)CC[C@]4(C)[C@H]3CC[C@]12C. The van der Waals surface area contributed by atoms with E-state index in [9.17, 15) is 9.90 Å². The molecule has 0 radical (unpaired) electrons. The van der Waals surface area contributed by atoms with Crippen molar-refractivity contribution in [2.24, 2.45) is 40.4 Å². The maximum atomic E-state index is 12.9. The highest BCUT2D eigenvalue weighted by Crippen LogP contribution is 2.67. The summed E-state index contributed by atoms with van der Waals surface area (Å²) in [6, 6.07) is 0.421. The van der Waals surface area contributed by atoms with Crippen LogP contribution in [-0.2, 0) is 4.79 Å². The van der Waals surface area contributed by atoms with E-state index in [4.69, 9.17) is 0 Å². The molecule has 1 saturated heterocycles.